The van der Waals surface area contributed by atoms with E-state index in [1.807, 2.05) is 13.0 Å². The van der Waals surface area contributed by atoms with Crippen molar-refractivity contribution < 1.29 is 33.3 Å². The predicted molar refractivity (Wildman–Crippen MR) is 181 cm³/mol. The Bertz CT molecular complexity index is 1780. The molecular weight excluding hydrogens is 710 g/mol. The Morgan fingerprint density at radius 2 is 1.78 bits per heavy atom. The van der Waals surface area contributed by atoms with Crippen LogP contribution in [0.3, 0.4) is 0 Å². The maximum Gasteiger partial charge on any atom is 0.335 e. The molecule has 11 heteroatoms. The number of thioether (sulfide) groups is 1. The first-order chi connectivity index (χ1) is 21.7. The second-order valence-corrected chi connectivity index (χ2v) is 11.9. The van der Waals surface area contributed by atoms with Gasteiger partial charge in [0.1, 0.15) is 18.2 Å². The van der Waals surface area contributed by atoms with Crippen LogP contribution in [0.5, 0.6) is 17.2 Å². The third-order valence-electron chi connectivity index (χ3n) is 6.63. The summed E-state index contributed by atoms with van der Waals surface area (Å²) < 4.78 is 31.6. The second kappa shape index (κ2) is 14.6. The van der Waals surface area contributed by atoms with Crippen LogP contribution in [0.4, 0.5) is 10.1 Å². The molecule has 8 nitrogen and oxygen atoms in total. The molecule has 1 N–H and O–H groups in total. The zero-order valence-corrected chi connectivity index (χ0v) is 27.3. The van der Waals surface area contributed by atoms with E-state index in [1.165, 1.54) is 36.0 Å². The monoisotopic (exact) mass is 738 g/mol. The molecule has 0 spiro atoms. The van der Waals surface area contributed by atoms with Crippen molar-refractivity contribution in [3.63, 3.8) is 0 Å². The lowest BCUT2D eigenvalue weighted by molar-refractivity contribution is -0.122. The Balaban J connectivity index is 1.46. The minimum atomic E-state index is -1.02. The van der Waals surface area contributed by atoms with E-state index in [4.69, 9.17) is 19.2 Å². The van der Waals surface area contributed by atoms with Crippen molar-refractivity contribution >= 4 is 63.2 Å². The summed E-state index contributed by atoms with van der Waals surface area (Å²) in [6, 6.07) is 23.5. The Hall–Kier alpha value is -4.36. The average molecular weight is 739 g/mol. The van der Waals surface area contributed by atoms with E-state index in [0.717, 1.165) is 14.7 Å². The molecule has 4 aromatic rings. The third-order valence-corrected chi connectivity index (χ3v) is 8.44. The van der Waals surface area contributed by atoms with Crippen LogP contribution in [0.25, 0.3) is 6.08 Å². The standard InChI is InChI=1S/C34H28FIN2O6S/c1-3-43-29-17-23(16-28(36)31(29)44-20-22-5-4-6-25(35)15-22)18-30-32(39)38(19-21-7-9-24(10-8-21)33(40)41)34(45-30)37-26-11-13-27(42-2)14-12-26/h4-18H,3,19-20H2,1-2H3,(H,40,41)/b30-18-,37-34?. The van der Waals surface area contributed by atoms with Crippen LogP contribution in [0.2, 0.25) is 0 Å². The van der Waals surface area contributed by atoms with Gasteiger partial charge in [-0.1, -0.05) is 24.3 Å². The molecule has 0 unspecified atom stereocenters. The van der Waals surface area contributed by atoms with E-state index in [9.17, 15) is 19.1 Å². The summed E-state index contributed by atoms with van der Waals surface area (Å²) in [4.78, 5) is 31.9. The van der Waals surface area contributed by atoms with E-state index in [-0.39, 0.29) is 30.4 Å². The maximum absolute atomic E-state index is 13.8. The van der Waals surface area contributed by atoms with Crippen molar-refractivity contribution in [1.29, 1.82) is 0 Å². The number of ether oxygens (including phenoxy) is 3. The predicted octanol–water partition coefficient (Wildman–Crippen LogP) is 7.92. The summed E-state index contributed by atoms with van der Waals surface area (Å²) in [6.45, 7) is 2.63. The van der Waals surface area contributed by atoms with Crippen LogP contribution in [-0.2, 0) is 17.9 Å². The number of carbonyl (C=O) groups is 2. The number of hydrogen-bond acceptors (Lipinski definition) is 7. The fraction of sp³-hybridized carbons (Fsp3) is 0.147. The second-order valence-electron chi connectivity index (χ2n) is 9.78. The smallest absolute Gasteiger partial charge is 0.335 e. The van der Waals surface area contributed by atoms with Gasteiger partial charge in [0.15, 0.2) is 16.7 Å². The molecule has 1 heterocycles. The maximum atomic E-state index is 13.8. The Morgan fingerprint density at radius 3 is 2.44 bits per heavy atom. The average Bonchev–Trinajstić information content (AvgIpc) is 3.30. The number of aromatic carboxylic acids is 1. The Labute approximate surface area is 277 Å². The minimum Gasteiger partial charge on any atom is -0.497 e. The molecule has 1 aliphatic heterocycles. The first-order valence-corrected chi connectivity index (χ1v) is 15.7. The molecule has 1 fully saturated rings. The van der Waals surface area contributed by atoms with Crippen LogP contribution >= 0.6 is 34.4 Å². The molecule has 1 aliphatic rings. The number of rotatable bonds is 11. The number of halogens is 2. The summed E-state index contributed by atoms with van der Waals surface area (Å²) in [5.74, 6) is 0.126. The molecule has 0 aliphatic carbocycles. The normalized spacial score (nSPS) is 14.7. The van der Waals surface area contributed by atoms with Gasteiger partial charge in [-0.05, 0) is 125 Å². The molecule has 0 bridgehead atoms. The summed E-state index contributed by atoms with van der Waals surface area (Å²) in [5, 5.41) is 9.75. The van der Waals surface area contributed by atoms with E-state index >= 15 is 0 Å². The lowest BCUT2D eigenvalue weighted by atomic mass is 10.1. The number of aliphatic imine (C=N–C) groups is 1. The van der Waals surface area contributed by atoms with Crippen LogP contribution in [0.15, 0.2) is 94.8 Å². The van der Waals surface area contributed by atoms with Crippen molar-refractivity contribution in [2.24, 2.45) is 4.99 Å². The van der Waals surface area contributed by atoms with Crippen molar-refractivity contribution in [3.05, 3.63) is 121 Å². The van der Waals surface area contributed by atoms with Crippen LogP contribution in [0.1, 0.15) is 34.0 Å². The Kier molecular flexibility index (Phi) is 10.4. The minimum absolute atomic E-state index is 0.163. The number of nitrogens with zero attached hydrogens (tertiary/aromatic N) is 2. The van der Waals surface area contributed by atoms with E-state index in [2.05, 4.69) is 22.6 Å². The van der Waals surface area contributed by atoms with Gasteiger partial charge in [-0.3, -0.25) is 9.69 Å². The number of carbonyl (C=O) groups excluding carboxylic acids is 1. The number of carboxylic acid groups (broad SMARTS) is 1. The third kappa shape index (κ3) is 8.03. The zero-order valence-electron chi connectivity index (χ0n) is 24.3. The van der Waals surface area contributed by atoms with E-state index < -0.39 is 5.97 Å². The van der Waals surface area contributed by atoms with Gasteiger partial charge >= 0.3 is 5.97 Å². The van der Waals surface area contributed by atoms with Crippen molar-refractivity contribution in [2.75, 3.05) is 13.7 Å². The number of carboxylic acids is 1. The molecule has 0 aromatic heterocycles. The molecule has 0 saturated carbocycles. The number of amidine groups is 1. The summed E-state index contributed by atoms with van der Waals surface area (Å²) in [7, 11) is 1.59. The van der Waals surface area contributed by atoms with Gasteiger partial charge in [-0.2, -0.15) is 0 Å². The molecule has 1 amide bonds. The lowest BCUT2D eigenvalue weighted by Crippen LogP contribution is -2.28. The highest BCUT2D eigenvalue weighted by molar-refractivity contribution is 14.1. The molecular formula is C34H28FIN2O6S. The van der Waals surface area contributed by atoms with Gasteiger partial charge in [0, 0.05) is 0 Å². The van der Waals surface area contributed by atoms with Crippen molar-refractivity contribution in [1.82, 2.24) is 4.90 Å². The number of amides is 1. The fourth-order valence-electron chi connectivity index (χ4n) is 4.44. The van der Waals surface area contributed by atoms with Gasteiger partial charge in [-0.25, -0.2) is 14.2 Å². The molecule has 5 rings (SSSR count). The van der Waals surface area contributed by atoms with Crippen LogP contribution in [-0.4, -0.2) is 40.8 Å². The molecule has 45 heavy (non-hydrogen) atoms. The fourth-order valence-corrected chi connectivity index (χ4v) is 6.22. The molecule has 0 radical (unpaired) electrons. The number of benzene rings is 4. The van der Waals surface area contributed by atoms with Gasteiger partial charge in [0.25, 0.3) is 5.91 Å². The first kappa shape index (κ1) is 32.0. The quantitative estimate of drug-likeness (QED) is 0.123. The number of methoxy groups -OCH3 is 1. The van der Waals surface area contributed by atoms with Crippen LogP contribution < -0.4 is 14.2 Å². The molecule has 0 atom stereocenters. The van der Waals surface area contributed by atoms with Gasteiger partial charge < -0.3 is 19.3 Å². The SMILES string of the molecule is CCOc1cc(/C=C2\SC(=Nc3ccc(OC)cc3)N(Cc3ccc(C(=O)O)cc3)C2=O)cc(I)c1OCc1cccc(F)c1. The largest absolute Gasteiger partial charge is 0.497 e. The van der Waals surface area contributed by atoms with E-state index in [1.54, 1.807) is 72.7 Å². The van der Waals surface area contributed by atoms with Crippen molar-refractivity contribution in [3.8, 4) is 17.2 Å². The summed E-state index contributed by atoms with van der Waals surface area (Å²) in [6.07, 6.45) is 1.78. The first-order valence-electron chi connectivity index (χ1n) is 13.8. The van der Waals surface area contributed by atoms with Gasteiger partial charge in [0.05, 0.1) is 40.0 Å². The summed E-state index contributed by atoms with van der Waals surface area (Å²) in [5.41, 5.74) is 2.98. The summed E-state index contributed by atoms with van der Waals surface area (Å²) >= 11 is 3.40. The van der Waals surface area contributed by atoms with Crippen LogP contribution in [0, 0.1) is 9.39 Å². The molecule has 230 valence electrons. The molecule has 4 aromatic carbocycles. The van der Waals surface area contributed by atoms with Gasteiger partial charge in [0.2, 0.25) is 0 Å². The molecule has 1 saturated heterocycles. The van der Waals surface area contributed by atoms with Gasteiger partial charge in [-0.15, -0.1) is 0 Å². The highest BCUT2D eigenvalue weighted by Crippen LogP contribution is 2.39. The topological polar surface area (TPSA) is 97.7 Å². The highest BCUT2D eigenvalue weighted by Gasteiger charge is 2.33. The lowest BCUT2D eigenvalue weighted by Gasteiger charge is -2.16. The van der Waals surface area contributed by atoms with E-state index in [0.29, 0.717) is 45.2 Å². The van der Waals surface area contributed by atoms with Crippen molar-refractivity contribution in [2.45, 2.75) is 20.1 Å². The Morgan fingerprint density at radius 1 is 1.02 bits per heavy atom. The highest BCUT2D eigenvalue weighted by atomic mass is 127. The zero-order chi connectivity index (χ0) is 31.9. The number of hydrogen-bond donors (Lipinski definition) is 1.